The van der Waals surface area contributed by atoms with E-state index in [1.165, 1.54) is 0 Å². The minimum Gasteiger partial charge on any atom is -0.648 e. The molecule has 200 valence electrons. The molecule has 0 unspecified atom stereocenters. The number of amides is 4. The third-order valence-electron chi connectivity index (χ3n) is 5.22. The maximum atomic E-state index is 11.9. The fourth-order valence-corrected chi connectivity index (χ4v) is 3.16. The van der Waals surface area contributed by atoms with E-state index in [1.54, 1.807) is 26.1 Å². The Kier molecular flexibility index (Phi) is 21.6. The van der Waals surface area contributed by atoms with E-state index in [4.69, 9.17) is 4.74 Å². The number of nitrogens with one attached hydrogen (secondary N) is 3. The Labute approximate surface area is 268 Å². The SMILES string of the molecule is CNC(=O)CCNC(=O)Cc1ccc(C[N-]C(=O)COCCCC(=O)NCCCCCC(C)=O)cc1.[Rb+]. The van der Waals surface area contributed by atoms with Gasteiger partial charge in [0.1, 0.15) is 5.78 Å². The van der Waals surface area contributed by atoms with Crippen molar-refractivity contribution in [2.45, 2.75) is 64.8 Å². The molecule has 0 bridgehead atoms. The second-order valence-electron chi connectivity index (χ2n) is 8.50. The van der Waals surface area contributed by atoms with Gasteiger partial charge in [0.2, 0.25) is 17.7 Å². The Morgan fingerprint density at radius 2 is 1.46 bits per heavy atom. The van der Waals surface area contributed by atoms with Crippen molar-refractivity contribution in [2.75, 3.05) is 33.4 Å². The van der Waals surface area contributed by atoms with Crippen LogP contribution in [0.1, 0.15) is 63.0 Å². The van der Waals surface area contributed by atoms with Crippen molar-refractivity contribution in [3.63, 3.8) is 0 Å². The fraction of sp³-hybridized carbons (Fsp3) is 0.577. The first-order valence-electron chi connectivity index (χ1n) is 12.4. The molecule has 0 atom stereocenters. The van der Waals surface area contributed by atoms with E-state index in [9.17, 15) is 24.0 Å². The maximum Gasteiger partial charge on any atom is 1.00 e. The number of unbranched alkanes of at least 4 members (excludes halogenated alkanes) is 2. The van der Waals surface area contributed by atoms with Gasteiger partial charge in [0.05, 0.1) is 18.9 Å². The average Bonchev–Trinajstić information content (AvgIpc) is 2.85. The van der Waals surface area contributed by atoms with Crippen molar-refractivity contribution in [2.24, 2.45) is 0 Å². The molecule has 0 aromatic heterocycles. The van der Waals surface area contributed by atoms with Crippen LogP contribution in [0.25, 0.3) is 5.32 Å². The zero-order valence-corrected chi connectivity index (χ0v) is 27.3. The zero-order valence-electron chi connectivity index (χ0n) is 22.4. The first-order valence-corrected chi connectivity index (χ1v) is 12.4. The van der Waals surface area contributed by atoms with Crippen LogP contribution in [0.15, 0.2) is 24.3 Å². The summed E-state index contributed by atoms with van der Waals surface area (Å²) in [6.07, 6.45) is 4.50. The Bertz CT molecular complexity index is 848. The van der Waals surface area contributed by atoms with Crippen LogP contribution >= 0.6 is 0 Å². The number of carbonyl (C=O) groups is 5. The Hall–Kier alpha value is -1.46. The van der Waals surface area contributed by atoms with Crippen LogP contribution in [0.4, 0.5) is 0 Å². The number of ether oxygens (including phenoxy) is 1. The van der Waals surface area contributed by atoms with E-state index < -0.39 is 0 Å². The predicted molar refractivity (Wildman–Crippen MR) is 136 cm³/mol. The maximum absolute atomic E-state index is 11.9. The first kappa shape index (κ1) is 35.5. The monoisotopic (exact) mass is 588 g/mol. The molecule has 1 aromatic carbocycles. The molecule has 0 spiro atoms. The van der Waals surface area contributed by atoms with Gasteiger partial charge in [-0.2, -0.15) is 0 Å². The van der Waals surface area contributed by atoms with Gasteiger partial charge in [-0.1, -0.05) is 36.2 Å². The van der Waals surface area contributed by atoms with E-state index in [1.807, 2.05) is 12.1 Å². The number of rotatable bonds is 19. The second kappa shape index (κ2) is 22.5. The largest absolute Gasteiger partial charge is 1.00 e. The standard InChI is InChI=1S/C26H40N4O6.Rb/c1-20(31)7-4-3-5-14-28-24(33)8-6-16-36-19-26(35)30-18-22-11-9-21(10-12-22)17-25(34)29-15-13-23(32)27-2;/h9-12H,3-8,13-19H2,1-2H3,(H4,27,28,29,30,32,33,34,35);/q;+1/p-1. The predicted octanol–water partition coefficient (Wildman–Crippen LogP) is -1.05. The zero-order chi connectivity index (χ0) is 26.6. The van der Waals surface area contributed by atoms with Crippen LogP contribution < -0.4 is 74.1 Å². The number of nitrogens with zero attached hydrogens (tertiary/aromatic N) is 1. The third-order valence-corrected chi connectivity index (χ3v) is 5.22. The van der Waals surface area contributed by atoms with Gasteiger partial charge in [-0.25, -0.2) is 0 Å². The fourth-order valence-electron chi connectivity index (χ4n) is 3.16. The minimum atomic E-state index is -0.371. The Morgan fingerprint density at radius 1 is 0.784 bits per heavy atom. The summed E-state index contributed by atoms with van der Waals surface area (Å²) in [6.45, 7) is 2.85. The molecule has 0 aliphatic heterocycles. The molecule has 3 N–H and O–H groups in total. The van der Waals surface area contributed by atoms with Crippen molar-refractivity contribution < 1.29 is 86.9 Å². The molecule has 0 aliphatic rings. The Morgan fingerprint density at radius 3 is 2.14 bits per heavy atom. The van der Waals surface area contributed by atoms with Gasteiger partial charge >= 0.3 is 58.2 Å². The van der Waals surface area contributed by atoms with E-state index in [0.29, 0.717) is 32.4 Å². The topological polar surface area (TPSA) is 145 Å². The number of carbonyl (C=O) groups excluding carboxylic acids is 5. The van der Waals surface area contributed by atoms with E-state index in [2.05, 4.69) is 21.3 Å². The Balaban J connectivity index is 0.0000130. The van der Waals surface area contributed by atoms with Crippen molar-refractivity contribution in [3.8, 4) is 0 Å². The van der Waals surface area contributed by atoms with Crippen molar-refractivity contribution in [1.82, 2.24) is 16.0 Å². The number of ketones is 1. The molecule has 0 saturated heterocycles. The van der Waals surface area contributed by atoms with Gasteiger partial charge in [0, 0.05) is 46.0 Å². The number of Topliss-reactive ketones (excluding diaryl/α,β-unsaturated/α-hetero) is 1. The third kappa shape index (κ3) is 20.2. The molecule has 0 fully saturated rings. The van der Waals surface area contributed by atoms with E-state index in [0.717, 1.165) is 30.4 Å². The van der Waals surface area contributed by atoms with Crippen LogP contribution in [0.3, 0.4) is 0 Å². The summed E-state index contributed by atoms with van der Waals surface area (Å²) >= 11 is 0. The molecule has 0 saturated carbocycles. The van der Waals surface area contributed by atoms with Gasteiger partial charge in [0.15, 0.2) is 0 Å². The summed E-state index contributed by atoms with van der Waals surface area (Å²) in [6, 6.07) is 7.24. The molecular formula is C26H39N4O6Rb. The summed E-state index contributed by atoms with van der Waals surface area (Å²) in [7, 11) is 1.55. The molecule has 0 radical (unpaired) electrons. The quantitative estimate of drug-likeness (QED) is 0.176. The molecule has 4 amide bonds. The van der Waals surface area contributed by atoms with Gasteiger partial charge in [-0.05, 0) is 31.7 Å². The first-order chi connectivity index (χ1) is 17.3. The molecule has 1 rings (SSSR count). The van der Waals surface area contributed by atoms with Crippen LogP contribution in [-0.2, 0) is 41.7 Å². The number of hydrogen-bond donors (Lipinski definition) is 3. The van der Waals surface area contributed by atoms with Crippen molar-refractivity contribution in [1.29, 1.82) is 0 Å². The van der Waals surface area contributed by atoms with Gasteiger partial charge in [0.25, 0.3) is 0 Å². The summed E-state index contributed by atoms with van der Waals surface area (Å²) in [5, 5.41) is 12.0. The average molecular weight is 589 g/mol. The molecular weight excluding hydrogens is 550 g/mol. The van der Waals surface area contributed by atoms with Crippen molar-refractivity contribution in [3.05, 3.63) is 40.7 Å². The number of benzene rings is 1. The summed E-state index contributed by atoms with van der Waals surface area (Å²) < 4.78 is 5.31. The molecule has 11 heteroatoms. The molecule has 0 heterocycles. The second-order valence-corrected chi connectivity index (χ2v) is 8.50. The van der Waals surface area contributed by atoms with Gasteiger partial charge in [-0.3, -0.25) is 14.4 Å². The molecule has 0 aliphatic carbocycles. The van der Waals surface area contributed by atoms with Crippen molar-refractivity contribution >= 4 is 29.4 Å². The van der Waals surface area contributed by atoms with Crippen LogP contribution in [0, 0.1) is 0 Å². The molecule has 10 nitrogen and oxygen atoms in total. The van der Waals surface area contributed by atoms with Gasteiger partial charge < -0.3 is 35.6 Å². The minimum absolute atomic E-state index is 0. The summed E-state index contributed by atoms with van der Waals surface area (Å²) in [5.41, 5.74) is 1.66. The van der Waals surface area contributed by atoms with E-state index in [-0.39, 0.29) is 120 Å². The smallest absolute Gasteiger partial charge is 0.648 e. The normalized spacial score (nSPS) is 10.1. The summed E-state index contributed by atoms with van der Waals surface area (Å²) in [5.74, 6) is -0.524. The van der Waals surface area contributed by atoms with Gasteiger partial charge in [-0.15, -0.1) is 6.54 Å². The van der Waals surface area contributed by atoms with E-state index >= 15 is 0 Å². The van der Waals surface area contributed by atoms with Crippen LogP contribution in [-0.4, -0.2) is 62.8 Å². The van der Waals surface area contributed by atoms with Crippen LogP contribution in [0.5, 0.6) is 0 Å². The number of hydrogen-bond acceptors (Lipinski definition) is 6. The molecule has 37 heavy (non-hydrogen) atoms. The molecule has 1 aromatic rings. The van der Waals surface area contributed by atoms with Crippen LogP contribution in [0.2, 0.25) is 0 Å². The summed E-state index contributed by atoms with van der Waals surface area (Å²) in [4.78, 5) is 57.6.